The highest BCUT2D eigenvalue weighted by Gasteiger charge is 2.32. The normalized spacial score (nSPS) is 13.6. The first-order valence-electron chi connectivity index (χ1n) is 4.90. The summed E-state index contributed by atoms with van der Waals surface area (Å²) in [5.74, 6) is 0. The number of halogens is 4. The minimum absolute atomic E-state index is 0. The van der Waals surface area contributed by atoms with Crippen LogP contribution in [0.3, 0.4) is 0 Å². The predicted octanol–water partition coefficient (Wildman–Crippen LogP) is 2.97. The molecule has 2 N–H and O–H groups in total. The molecule has 0 saturated carbocycles. The second kappa shape index (κ2) is 6.58. The smallest absolute Gasteiger partial charge is 0.329 e. The first-order valence-corrected chi connectivity index (χ1v) is 5.72. The Morgan fingerprint density at radius 1 is 1.41 bits per heavy atom. The summed E-state index contributed by atoms with van der Waals surface area (Å²) in [7, 11) is 1.85. The number of hydrogen-bond acceptors (Lipinski definition) is 3. The lowest BCUT2D eigenvalue weighted by Crippen LogP contribution is -2.34. The first-order chi connectivity index (χ1) is 7.34. The summed E-state index contributed by atoms with van der Waals surface area (Å²) < 4.78 is 37.0. The van der Waals surface area contributed by atoms with Crippen LogP contribution in [0.2, 0.25) is 0 Å². The van der Waals surface area contributed by atoms with Crippen molar-refractivity contribution in [1.29, 1.82) is 0 Å². The van der Waals surface area contributed by atoms with Crippen LogP contribution in [-0.2, 0) is 12.7 Å². The van der Waals surface area contributed by atoms with Gasteiger partial charge in [-0.25, -0.2) is 0 Å². The van der Waals surface area contributed by atoms with E-state index in [0.29, 0.717) is 18.0 Å². The molecule has 17 heavy (non-hydrogen) atoms. The van der Waals surface area contributed by atoms with Gasteiger partial charge in [-0.15, -0.1) is 23.7 Å². The van der Waals surface area contributed by atoms with Crippen molar-refractivity contribution in [2.24, 2.45) is 5.73 Å². The van der Waals surface area contributed by atoms with Crippen molar-refractivity contribution in [3.05, 3.63) is 21.9 Å². The van der Waals surface area contributed by atoms with Crippen LogP contribution in [0.15, 0.2) is 12.1 Å². The summed E-state index contributed by atoms with van der Waals surface area (Å²) in [6, 6.07) is 2.81. The van der Waals surface area contributed by atoms with Crippen molar-refractivity contribution in [3.8, 4) is 0 Å². The van der Waals surface area contributed by atoms with E-state index < -0.39 is 11.1 Å². The van der Waals surface area contributed by atoms with Gasteiger partial charge in [0.2, 0.25) is 0 Å². The molecule has 0 spiro atoms. The summed E-state index contributed by atoms with van der Waals surface area (Å²) in [4.78, 5) is 2.10. The first kappa shape index (κ1) is 16.7. The maximum Gasteiger partial charge on any atom is 0.425 e. The Morgan fingerprint density at radius 2 is 2.00 bits per heavy atom. The fourth-order valence-corrected chi connectivity index (χ4v) is 2.14. The van der Waals surface area contributed by atoms with Crippen LogP contribution in [0.4, 0.5) is 13.2 Å². The van der Waals surface area contributed by atoms with Gasteiger partial charge in [0.15, 0.2) is 0 Å². The fourth-order valence-electron chi connectivity index (χ4n) is 1.20. The molecule has 0 fully saturated rings. The largest absolute Gasteiger partial charge is 0.425 e. The third-order valence-corrected chi connectivity index (χ3v) is 3.55. The predicted molar refractivity (Wildman–Crippen MR) is 66.6 cm³/mol. The quantitative estimate of drug-likeness (QED) is 0.923. The van der Waals surface area contributed by atoms with E-state index in [9.17, 15) is 13.2 Å². The minimum Gasteiger partial charge on any atom is -0.329 e. The Kier molecular flexibility index (Phi) is 6.47. The molecule has 0 radical (unpaired) electrons. The van der Waals surface area contributed by atoms with Crippen LogP contribution in [0.25, 0.3) is 0 Å². The maximum atomic E-state index is 12.3. The Bertz CT molecular complexity index is 341. The summed E-state index contributed by atoms with van der Waals surface area (Å²) in [6.45, 7) is 2.94. The molecule has 0 aromatic carbocycles. The van der Waals surface area contributed by atoms with E-state index >= 15 is 0 Å². The van der Waals surface area contributed by atoms with Gasteiger partial charge in [-0.2, -0.15) is 13.2 Å². The van der Waals surface area contributed by atoms with Crippen molar-refractivity contribution >= 4 is 23.7 Å². The van der Waals surface area contributed by atoms with Crippen LogP contribution in [0, 0.1) is 0 Å². The number of nitrogens with zero attached hydrogens (tertiary/aromatic N) is 1. The van der Waals surface area contributed by atoms with Crippen molar-refractivity contribution in [2.75, 3.05) is 13.6 Å². The third kappa shape index (κ3) is 4.83. The zero-order valence-corrected chi connectivity index (χ0v) is 11.3. The molecule has 0 aliphatic carbocycles. The molecule has 0 aliphatic heterocycles. The summed E-state index contributed by atoms with van der Waals surface area (Å²) in [6.07, 6.45) is -4.24. The summed E-state index contributed by atoms with van der Waals surface area (Å²) in [5.41, 5.74) is 5.48. The molecule has 0 saturated heterocycles. The number of thiophene rings is 1. The molecular weight excluding hydrogens is 273 g/mol. The number of alkyl halides is 3. The number of likely N-dealkylation sites (N-methyl/N-ethyl adjacent to an activating group) is 1. The van der Waals surface area contributed by atoms with Gasteiger partial charge in [0, 0.05) is 24.0 Å². The van der Waals surface area contributed by atoms with E-state index in [1.165, 1.54) is 6.07 Å². The Balaban J connectivity index is 0.00000256. The highest BCUT2D eigenvalue weighted by molar-refractivity contribution is 7.12. The van der Waals surface area contributed by atoms with Crippen LogP contribution < -0.4 is 5.73 Å². The molecule has 1 aromatic rings. The van der Waals surface area contributed by atoms with Crippen LogP contribution in [-0.4, -0.2) is 24.5 Å². The average Bonchev–Trinajstić information content (AvgIpc) is 2.64. The molecule has 1 heterocycles. The molecule has 1 aromatic heterocycles. The zero-order valence-electron chi connectivity index (χ0n) is 9.62. The van der Waals surface area contributed by atoms with E-state index in [4.69, 9.17) is 5.73 Å². The molecule has 0 bridgehead atoms. The van der Waals surface area contributed by atoms with Crippen LogP contribution in [0.1, 0.15) is 16.7 Å². The van der Waals surface area contributed by atoms with E-state index in [-0.39, 0.29) is 18.4 Å². The topological polar surface area (TPSA) is 29.3 Å². The lowest BCUT2D eigenvalue weighted by molar-refractivity contribution is -0.134. The van der Waals surface area contributed by atoms with E-state index in [0.717, 1.165) is 17.4 Å². The zero-order chi connectivity index (χ0) is 12.3. The second-order valence-electron chi connectivity index (χ2n) is 3.76. The lowest BCUT2D eigenvalue weighted by Gasteiger charge is -2.22. The van der Waals surface area contributed by atoms with Crippen molar-refractivity contribution in [1.82, 2.24) is 4.90 Å². The van der Waals surface area contributed by atoms with Gasteiger partial charge in [0.05, 0.1) is 0 Å². The monoisotopic (exact) mass is 288 g/mol. The molecule has 7 heteroatoms. The van der Waals surface area contributed by atoms with Gasteiger partial charge < -0.3 is 5.73 Å². The maximum absolute atomic E-state index is 12.3. The number of hydrogen-bond donors (Lipinski definition) is 1. The van der Waals surface area contributed by atoms with E-state index in [1.54, 1.807) is 0 Å². The molecule has 1 atom stereocenters. The van der Waals surface area contributed by atoms with E-state index in [1.807, 2.05) is 18.9 Å². The summed E-state index contributed by atoms with van der Waals surface area (Å²) >= 11 is 0.789. The highest BCUT2D eigenvalue weighted by atomic mass is 35.5. The Morgan fingerprint density at radius 3 is 2.41 bits per heavy atom. The molecule has 0 amide bonds. The van der Waals surface area contributed by atoms with Gasteiger partial charge in [0.25, 0.3) is 0 Å². The van der Waals surface area contributed by atoms with Crippen molar-refractivity contribution in [3.63, 3.8) is 0 Å². The average molecular weight is 289 g/mol. The number of nitrogens with two attached hydrogens (primary N) is 1. The highest BCUT2D eigenvalue weighted by Crippen LogP contribution is 2.34. The SMILES string of the molecule is CC(CN)N(C)Cc1ccc(C(F)(F)F)s1.Cl. The van der Waals surface area contributed by atoms with Crippen LogP contribution in [0.5, 0.6) is 0 Å². The van der Waals surface area contributed by atoms with Gasteiger partial charge in [-0.1, -0.05) is 0 Å². The number of rotatable bonds is 4. The Hall–Kier alpha value is -0.300. The molecule has 0 aliphatic rings. The molecule has 100 valence electrons. The summed E-state index contributed by atoms with van der Waals surface area (Å²) in [5, 5.41) is 0. The molecular formula is C10H16ClF3N2S. The van der Waals surface area contributed by atoms with E-state index in [2.05, 4.69) is 0 Å². The van der Waals surface area contributed by atoms with Gasteiger partial charge in [-0.05, 0) is 26.1 Å². The lowest BCUT2D eigenvalue weighted by atomic mass is 10.3. The molecule has 1 unspecified atom stereocenters. The van der Waals surface area contributed by atoms with Crippen molar-refractivity contribution < 1.29 is 13.2 Å². The van der Waals surface area contributed by atoms with Gasteiger partial charge in [0.1, 0.15) is 4.88 Å². The molecule has 2 nitrogen and oxygen atoms in total. The Labute approximate surface area is 109 Å². The van der Waals surface area contributed by atoms with Crippen LogP contribution >= 0.6 is 23.7 Å². The molecule has 1 rings (SSSR count). The van der Waals surface area contributed by atoms with Gasteiger partial charge >= 0.3 is 6.18 Å². The van der Waals surface area contributed by atoms with Crippen molar-refractivity contribution in [2.45, 2.75) is 25.7 Å². The second-order valence-corrected chi connectivity index (χ2v) is 4.93. The fraction of sp³-hybridized carbons (Fsp3) is 0.600. The third-order valence-electron chi connectivity index (χ3n) is 2.44. The standard InChI is InChI=1S/C10H15F3N2S.ClH/c1-7(5-14)15(2)6-8-3-4-9(16-8)10(11,12)13;/h3-4,7H,5-6,14H2,1-2H3;1H. The van der Waals surface area contributed by atoms with Gasteiger partial charge in [-0.3, -0.25) is 4.90 Å². The minimum atomic E-state index is -4.24.